The molecular formula is C18H20N6O2S. The summed E-state index contributed by atoms with van der Waals surface area (Å²) in [4.78, 5) is 14.5. The van der Waals surface area contributed by atoms with Gasteiger partial charge in [0.05, 0.1) is 25.3 Å². The van der Waals surface area contributed by atoms with E-state index < -0.39 is 0 Å². The van der Waals surface area contributed by atoms with Crippen LogP contribution in [0.25, 0.3) is 21.5 Å². The number of anilines is 1. The second-order valence-electron chi connectivity index (χ2n) is 6.57. The highest BCUT2D eigenvalue weighted by Crippen LogP contribution is 2.26. The molecule has 0 saturated carbocycles. The monoisotopic (exact) mass is 384 g/mol. The molecule has 1 aromatic carbocycles. The van der Waals surface area contributed by atoms with Gasteiger partial charge >= 0.3 is 0 Å². The van der Waals surface area contributed by atoms with Gasteiger partial charge in [-0.1, -0.05) is 11.3 Å². The molecule has 1 aliphatic rings. The summed E-state index contributed by atoms with van der Waals surface area (Å²) in [5, 5.41) is 22.1. The average molecular weight is 384 g/mol. The van der Waals surface area contributed by atoms with Crippen molar-refractivity contribution in [3.8, 4) is 10.6 Å². The quantitative estimate of drug-likeness (QED) is 0.736. The van der Waals surface area contributed by atoms with Crippen LogP contribution in [0.1, 0.15) is 11.9 Å². The van der Waals surface area contributed by atoms with Gasteiger partial charge in [0, 0.05) is 23.5 Å². The Balaban J connectivity index is 1.51. The molecular weight excluding hydrogens is 364 g/mol. The summed E-state index contributed by atoms with van der Waals surface area (Å²) in [6.45, 7) is 6.35. The predicted molar refractivity (Wildman–Crippen MR) is 104 cm³/mol. The third kappa shape index (κ3) is 4.10. The van der Waals surface area contributed by atoms with Gasteiger partial charge < -0.3 is 10.1 Å². The first-order valence-corrected chi connectivity index (χ1v) is 9.60. The fraction of sp³-hybridized carbons (Fsp3) is 0.389. The zero-order valence-electron chi connectivity index (χ0n) is 15.2. The number of nitrogens with zero attached hydrogens (tertiary/aromatic N) is 5. The topological polar surface area (TPSA) is 93.1 Å². The van der Waals surface area contributed by atoms with Crippen molar-refractivity contribution in [3.05, 3.63) is 29.3 Å². The Kier molecular flexibility index (Phi) is 5.06. The van der Waals surface area contributed by atoms with Crippen molar-refractivity contribution in [2.45, 2.75) is 19.9 Å². The first kappa shape index (κ1) is 17.9. The number of benzene rings is 1. The van der Waals surface area contributed by atoms with Gasteiger partial charge in [-0.15, -0.1) is 20.4 Å². The Labute approximate surface area is 160 Å². The van der Waals surface area contributed by atoms with Crippen molar-refractivity contribution in [2.24, 2.45) is 0 Å². The van der Waals surface area contributed by atoms with Gasteiger partial charge in [-0.3, -0.25) is 9.69 Å². The zero-order valence-corrected chi connectivity index (χ0v) is 16.0. The van der Waals surface area contributed by atoms with Crippen LogP contribution in [0.3, 0.4) is 0 Å². The number of ether oxygens (including phenoxy) is 1. The molecule has 0 bridgehead atoms. The highest BCUT2D eigenvalue weighted by Gasteiger charge is 2.21. The van der Waals surface area contributed by atoms with Crippen molar-refractivity contribution in [3.63, 3.8) is 0 Å². The third-order valence-corrected chi connectivity index (χ3v) is 5.37. The highest BCUT2D eigenvalue weighted by molar-refractivity contribution is 7.14. The van der Waals surface area contributed by atoms with Gasteiger partial charge in [-0.2, -0.15) is 0 Å². The highest BCUT2D eigenvalue weighted by atomic mass is 32.1. The lowest BCUT2D eigenvalue weighted by atomic mass is 10.1. The Hall–Kier alpha value is -2.49. The number of fused-ring (bicyclic) bond motifs is 1. The summed E-state index contributed by atoms with van der Waals surface area (Å²) in [6, 6.07) is 7.90. The van der Waals surface area contributed by atoms with E-state index in [0.717, 1.165) is 33.0 Å². The number of aryl methyl sites for hydroxylation is 1. The van der Waals surface area contributed by atoms with Gasteiger partial charge in [0.2, 0.25) is 5.91 Å². The zero-order chi connectivity index (χ0) is 18.8. The minimum Gasteiger partial charge on any atom is -0.379 e. The predicted octanol–water partition coefficient (Wildman–Crippen LogP) is 2.12. The molecule has 3 aromatic rings. The van der Waals surface area contributed by atoms with Crippen molar-refractivity contribution >= 4 is 34.0 Å². The molecule has 9 heteroatoms. The number of carbonyl (C=O) groups excluding carboxylic acids is 1. The molecule has 1 atom stereocenters. The molecule has 1 aliphatic heterocycles. The number of rotatable bonds is 4. The summed E-state index contributed by atoms with van der Waals surface area (Å²) < 4.78 is 5.40. The van der Waals surface area contributed by atoms with Crippen LogP contribution < -0.4 is 5.32 Å². The molecule has 0 spiro atoms. The maximum absolute atomic E-state index is 12.4. The summed E-state index contributed by atoms with van der Waals surface area (Å²) in [5.41, 5.74) is 1.74. The number of carbonyl (C=O) groups is 1. The second-order valence-corrected chi connectivity index (χ2v) is 7.75. The summed E-state index contributed by atoms with van der Waals surface area (Å²) in [7, 11) is 0. The molecule has 0 aliphatic carbocycles. The lowest BCUT2D eigenvalue weighted by Gasteiger charge is -2.32. The van der Waals surface area contributed by atoms with E-state index >= 15 is 0 Å². The van der Waals surface area contributed by atoms with Crippen LogP contribution in [0.5, 0.6) is 0 Å². The molecule has 0 radical (unpaired) electrons. The van der Waals surface area contributed by atoms with Crippen LogP contribution in [0.4, 0.5) is 5.82 Å². The first-order chi connectivity index (χ1) is 13.1. The maximum atomic E-state index is 12.4. The van der Waals surface area contributed by atoms with E-state index in [4.69, 9.17) is 4.74 Å². The van der Waals surface area contributed by atoms with E-state index in [2.05, 4.69) is 37.5 Å². The van der Waals surface area contributed by atoms with E-state index in [-0.39, 0.29) is 11.9 Å². The van der Waals surface area contributed by atoms with Crippen molar-refractivity contribution < 1.29 is 9.53 Å². The van der Waals surface area contributed by atoms with Crippen LogP contribution in [-0.2, 0) is 9.53 Å². The van der Waals surface area contributed by atoms with Crippen molar-refractivity contribution in [2.75, 3.05) is 31.6 Å². The Morgan fingerprint density at radius 1 is 1.30 bits per heavy atom. The average Bonchev–Trinajstić information content (AvgIpc) is 3.09. The Morgan fingerprint density at radius 3 is 2.96 bits per heavy atom. The van der Waals surface area contributed by atoms with Crippen LogP contribution in [-0.4, -0.2) is 63.5 Å². The van der Waals surface area contributed by atoms with Gasteiger partial charge in [0.1, 0.15) is 10.0 Å². The van der Waals surface area contributed by atoms with Crippen molar-refractivity contribution in [1.29, 1.82) is 0 Å². The molecule has 140 valence electrons. The van der Waals surface area contributed by atoms with Crippen LogP contribution in [0, 0.1) is 6.92 Å². The molecule has 4 rings (SSSR count). The normalized spacial score (nSPS) is 17.9. The first-order valence-electron chi connectivity index (χ1n) is 8.78. The molecule has 3 heterocycles. The van der Waals surface area contributed by atoms with E-state index in [1.54, 1.807) is 11.3 Å². The van der Waals surface area contributed by atoms with E-state index in [9.17, 15) is 4.79 Å². The van der Waals surface area contributed by atoms with E-state index in [0.29, 0.717) is 25.6 Å². The number of nitrogens with one attached hydrogen (secondary N) is 1. The van der Waals surface area contributed by atoms with E-state index in [1.807, 2.05) is 31.2 Å². The minimum atomic E-state index is -0.103. The summed E-state index contributed by atoms with van der Waals surface area (Å²) in [5.74, 6) is 0.340. The fourth-order valence-corrected chi connectivity index (χ4v) is 3.70. The van der Waals surface area contributed by atoms with Crippen LogP contribution >= 0.6 is 11.3 Å². The SMILES string of the molecule is Cc1nnc(-c2ccc3nnc(NC(=O)CN4CCOCC4C)cc3c2)s1. The second kappa shape index (κ2) is 7.63. The number of aromatic nitrogens is 4. The molecule has 1 amide bonds. The number of amides is 1. The third-order valence-electron chi connectivity index (χ3n) is 4.48. The smallest absolute Gasteiger partial charge is 0.239 e. The Bertz CT molecular complexity index is 975. The summed E-state index contributed by atoms with van der Waals surface area (Å²) >= 11 is 1.54. The molecule has 8 nitrogen and oxygen atoms in total. The van der Waals surface area contributed by atoms with Gasteiger partial charge in [-0.05, 0) is 38.1 Å². The van der Waals surface area contributed by atoms with Gasteiger partial charge in [0.15, 0.2) is 5.82 Å². The fourth-order valence-electron chi connectivity index (χ4n) is 3.02. The van der Waals surface area contributed by atoms with E-state index in [1.165, 1.54) is 0 Å². The van der Waals surface area contributed by atoms with Gasteiger partial charge in [0.25, 0.3) is 0 Å². The number of morpholine rings is 1. The lowest BCUT2D eigenvalue weighted by molar-refractivity contribution is -0.119. The van der Waals surface area contributed by atoms with Crippen LogP contribution in [0.2, 0.25) is 0 Å². The van der Waals surface area contributed by atoms with Crippen molar-refractivity contribution in [1.82, 2.24) is 25.3 Å². The van der Waals surface area contributed by atoms with Crippen LogP contribution in [0.15, 0.2) is 24.3 Å². The minimum absolute atomic E-state index is 0.103. The molecule has 1 fully saturated rings. The van der Waals surface area contributed by atoms with Gasteiger partial charge in [-0.25, -0.2) is 0 Å². The molecule has 1 unspecified atom stereocenters. The summed E-state index contributed by atoms with van der Waals surface area (Å²) in [6.07, 6.45) is 0. The number of hydrogen-bond acceptors (Lipinski definition) is 8. The molecule has 2 aromatic heterocycles. The number of hydrogen-bond donors (Lipinski definition) is 1. The molecule has 27 heavy (non-hydrogen) atoms. The lowest BCUT2D eigenvalue weighted by Crippen LogP contribution is -2.47. The largest absolute Gasteiger partial charge is 0.379 e. The molecule has 1 saturated heterocycles. The maximum Gasteiger partial charge on any atom is 0.239 e. The standard InChI is InChI=1S/C18H20N6O2S/c1-11-10-26-6-5-24(11)9-17(25)19-16-8-14-7-13(3-4-15(14)21-22-16)18-23-20-12(2)27-18/h3-4,7-8,11H,5-6,9-10H2,1-2H3,(H,19,22,25). The molecule has 1 N–H and O–H groups in total. The Morgan fingerprint density at radius 2 is 2.19 bits per heavy atom.